The molecule has 4 heteroatoms. The number of amides is 1. The maximum atomic E-state index is 11.5. The zero-order valence-electron chi connectivity index (χ0n) is 11.9. The van der Waals surface area contributed by atoms with Crippen LogP contribution in [0.5, 0.6) is 0 Å². The van der Waals surface area contributed by atoms with Crippen LogP contribution in [0.4, 0.5) is 0 Å². The zero-order chi connectivity index (χ0) is 13.4. The van der Waals surface area contributed by atoms with Crippen LogP contribution in [0.15, 0.2) is 6.20 Å². The monoisotopic (exact) mass is 261 g/mol. The first kappa shape index (κ1) is 12.7. The third-order valence-electron chi connectivity index (χ3n) is 4.43. The first-order chi connectivity index (χ1) is 9.15. The molecule has 0 radical (unpaired) electrons. The van der Waals surface area contributed by atoms with E-state index >= 15 is 0 Å². The molecule has 0 aromatic carbocycles. The number of hydrogen-bond acceptors (Lipinski definition) is 2. The topological polar surface area (TPSA) is 38.1 Å². The molecule has 19 heavy (non-hydrogen) atoms. The molecule has 2 fully saturated rings. The third kappa shape index (κ3) is 2.67. The lowest BCUT2D eigenvalue weighted by molar-refractivity contribution is -0.130. The number of piperidine rings is 1. The van der Waals surface area contributed by atoms with Crippen LogP contribution in [-0.4, -0.2) is 33.4 Å². The Morgan fingerprint density at radius 2 is 2.21 bits per heavy atom. The van der Waals surface area contributed by atoms with Crippen molar-refractivity contribution in [1.29, 1.82) is 0 Å². The Balaban J connectivity index is 1.70. The van der Waals surface area contributed by atoms with Crippen molar-refractivity contribution < 1.29 is 4.79 Å². The highest BCUT2D eigenvalue weighted by atomic mass is 16.2. The summed E-state index contributed by atoms with van der Waals surface area (Å²) in [5, 5.41) is 0. The predicted octanol–water partition coefficient (Wildman–Crippen LogP) is 2.33. The Kier molecular flexibility index (Phi) is 3.33. The average Bonchev–Trinajstić information content (AvgIpc) is 3.17. The molecule has 1 aromatic rings. The maximum absolute atomic E-state index is 11.5. The van der Waals surface area contributed by atoms with Crippen LogP contribution in [0.1, 0.15) is 50.0 Å². The van der Waals surface area contributed by atoms with E-state index in [1.807, 2.05) is 11.1 Å². The largest absolute Gasteiger partial charge is 0.343 e. The number of likely N-dealkylation sites (tertiary alicyclic amines) is 1. The summed E-state index contributed by atoms with van der Waals surface area (Å²) in [4.78, 5) is 18.1. The molecule has 104 valence electrons. The van der Waals surface area contributed by atoms with Gasteiger partial charge in [-0.15, -0.1) is 0 Å². The highest BCUT2D eigenvalue weighted by Gasteiger charge is 2.30. The molecule has 1 unspecified atom stereocenters. The number of hydrogen-bond donors (Lipinski definition) is 0. The van der Waals surface area contributed by atoms with Crippen LogP contribution in [0.2, 0.25) is 0 Å². The van der Waals surface area contributed by atoms with E-state index in [0.717, 1.165) is 26.1 Å². The Morgan fingerprint density at radius 1 is 1.42 bits per heavy atom. The zero-order valence-corrected chi connectivity index (χ0v) is 11.9. The number of nitrogens with zero attached hydrogens (tertiary/aromatic N) is 3. The summed E-state index contributed by atoms with van der Waals surface area (Å²) < 4.78 is 2.39. The number of carbonyl (C=O) groups excluding carboxylic acids is 1. The molecule has 1 amide bonds. The van der Waals surface area contributed by atoms with E-state index in [1.54, 1.807) is 6.92 Å². The summed E-state index contributed by atoms with van der Waals surface area (Å²) in [6, 6.07) is 0. The van der Waals surface area contributed by atoms with Gasteiger partial charge in [-0.2, -0.15) is 0 Å². The highest BCUT2D eigenvalue weighted by molar-refractivity contribution is 5.73. The molecule has 1 aliphatic carbocycles. The van der Waals surface area contributed by atoms with Gasteiger partial charge in [0, 0.05) is 44.4 Å². The minimum Gasteiger partial charge on any atom is -0.343 e. The van der Waals surface area contributed by atoms with Crippen molar-refractivity contribution in [2.45, 2.75) is 52.0 Å². The second-order valence-corrected chi connectivity index (χ2v) is 6.12. The van der Waals surface area contributed by atoms with Gasteiger partial charge in [-0.05, 0) is 38.5 Å². The molecule has 1 aromatic heterocycles. The SMILES string of the molecule is CC(=O)N1CCCC(Cn2c(C)cnc2C2CC2)C1. The summed E-state index contributed by atoms with van der Waals surface area (Å²) >= 11 is 0. The molecular weight excluding hydrogens is 238 g/mol. The average molecular weight is 261 g/mol. The number of aromatic nitrogens is 2. The molecule has 3 rings (SSSR count). The Hall–Kier alpha value is -1.32. The second-order valence-electron chi connectivity index (χ2n) is 6.12. The normalized spacial score (nSPS) is 23.7. The molecule has 4 nitrogen and oxygen atoms in total. The van der Waals surface area contributed by atoms with E-state index in [0.29, 0.717) is 11.8 Å². The van der Waals surface area contributed by atoms with Crippen molar-refractivity contribution in [2.75, 3.05) is 13.1 Å². The lowest BCUT2D eigenvalue weighted by Crippen LogP contribution is -2.40. The summed E-state index contributed by atoms with van der Waals surface area (Å²) in [6.07, 6.45) is 6.95. The van der Waals surface area contributed by atoms with Gasteiger partial charge in [0.15, 0.2) is 0 Å². The fourth-order valence-electron chi connectivity index (χ4n) is 3.14. The van der Waals surface area contributed by atoms with E-state index < -0.39 is 0 Å². The molecule has 1 saturated carbocycles. The standard InChI is InChI=1S/C15H23N3O/c1-11-8-16-15(14-5-6-14)18(11)10-13-4-3-7-17(9-13)12(2)19/h8,13-14H,3-7,9-10H2,1-2H3. The third-order valence-corrected chi connectivity index (χ3v) is 4.43. The van der Waals surface area contributed by atoms with Gasteiger partial charge in [-0.1, -0.05) is 0 Å². The summed E-state index contributed by atoms with van der Waals surface area (Å²) in [7, 11) is 0. The van der Waals surface area contributed by atoms with Gasteiger partial charge in [0.05, 0.1) is 0 Å². The van der Waals surface area contributed by atoms with Crippen molar-refractivity contribution in [3.8, 4) is 0 Å². The second kappa shape index (κ2) is 4.99. The quantitative estimate of drug-likeness (QED) is 0.837. The summed E-state index contributed by atoms with van der Waals surface area (Å²) in [5.74, 6) is 2.77. The Bertz CT molecular complexity index is 476. The highest BCUT2D eigenvalue weighted by Crippen LogP contribution is 2.39. The van der Waals surface area contributed by atoms with E-state index in [1.165, 1.54) is 30.8 Å². The number of carbonyl (C=O) groups is 1. The van der Waals surface area contributed by atoms with E-state index in [9.17, 15) is 4.79 Å². The molecule has 2 aliphatic rings. The summed E-state index contributed by atoms with van der Waals surface area (Å²) in [6.45, 7) is 6.70. The summed E-state index contributed by atoms with van der Waals surface area (Å²) in [5.41, 5.74) is 1.27. The van der Waals surface area contributed by atoms with Crippen LogP contribution in [0.25, 0.3) is 0 Å². The maximum Gasteiger partial charge on any atom is 0.219 e. The lowest BCUT2D eigenvalue weighted by atomic mass is 9.97. The van der Waals surface area contributed by atoms with Gasteiger partial charge in [0.2, 0.25) is 5.91 Å². The van der Waals surface area contributed by atoms with E-state index in [4.69, 9.17) is 0 Å². The minimum absolute atomic E-state index is 0.217. The van der Waals surface area contributed by atoms with Crippen LogP contribution in [0.3, 0.4) is 0 Å². The van der Waals surface area contributed by atoms with Crippen molar-refractivity contribution in [2.24, 2.45) is 5.92 Å². The fraction of sp³-hybridized carbons (Fsp3) is 0.733. The lowest BCUT2D eigenvalue weighted by Gasteiger charge is -2.32. The molecule has 0 bridgehead atoms. The smallest absolute Gasteiger partial charge is 0.219 e. The van der Waals surface area contributed by atoms with Gasteiger partial charge < -0.3 is 9.47 Å². The number of rotatable bonds is 3. The van der Waals surface area contributed by atoms with Gasteiger partial charge in [0.25, 0.3) is 0 Å². The molecular formula is C15H23N3O. The van der Waals surface area contributed by atoms with Crippen LogP contribution >= 0.6 is 0 Å². The van der Waals surface area contributed by atoms with Gasteiger partial charge in [-0.25, -0.2) is 4.98 Å². The molecule has 1 atom stereocenters. The predicted molar refractivity (Wildman–Crippen MR) is 73.9 cm³/mol. The van der Waals surface area contributed by atoms with Crippen LogP contribution in [0, 0.1) is 12.8 Å². The van der Waals surface area contributed by atoms with Crippen molar-refractivity contribution >= 4 is 5.91 Å². The van der Waals surface area contributed by atoms with E-state index in [-0.39, 0.29) is 5.91 Å². The van der Waals surface area contributed by atoms with Crippen molar-refractivity contribution in [3.05, 3.63) is 17.7 Å². The van der Waals surface area contributed by atoms with Gasteiger partial charge in [0.1, 0.15) is 5.82 Å². The van der Waals surface area contributed by atoms with E-state index in [2.05, 4.69) is 16.5 Å². The van der Waals surface area contributed by atoms with Gasteiger partial charge in [-0.3, -0.25) is 4.79 Å². The Morgan fingerprint density at radius 3 is 2.89 bits per heavy atom. The molecule has 1 aliphatic heterocycles. The molecule has 0 spiro atoms. The first-order valence-electron chi connectivity index (χ1n) is 7.42. The molecule has 1 saturated heterocycles. The fourth-order valence-corrected chi connectivity index (χ4v) is 3.14. The van der Waals surface area contributed by atoms with Crippen LogP contribution in [-0.2, 0) is 11.3 Å². The molecule has 2 heterocycles. The molecule has 0 N–H and O–H groups in total. The number of imidazole rings is 1. The van der Waals surface area contributed by atoms with Crippen molar-refractivity contribution in [3.63, 3.8) is 0 Å². The number of aryl methyl sites for hydroxylation is 1. The van der Waals surface area contributed by atoms with Gasteiger partial charge >= 0.3 is 0 Å². The minimum atomic E-state index is 0.217. The van der Waals surface area contributed by atoms with Crippen LogP contribution < -0.4 is 0 Å². The first-order valence-corrected chi connectivity index (χ1v) is 7.42. The Labute approximate surface area is 114 Å². The van der Waals surface area contributed by atoms with Crippen molar-refractivity contribution in [1.82, 2.24) is 14.5 Å².